The van der Waals surface area contributed by atoms with Crippen LogP contribution in [0, 0.1) is 5.92 Å². The summed E-state index contributed by atoms with van der Waals surface area (Å²) < 4.78 is 10.5. The molecule has 1 aliphatic heterocycles. The Labute approximate surface area is 95.4 Å². The lowest BCUT2D eigenvalue weighted by Crippen LogP contribution is -2.27. The average Bonchev–Trinajstić information content (AvgIpc) is 3.06. The van der Waals surface area contributed by atoms with Gasteiger partial charge < -0.3 is 9.47 Å². The number of carbonyl (C=O) groups excluding carboxylic acids is 1. The van der Waals surface area contributed by atoms with E-state index in [1.807, 2.05) is 44.2 Å². The second kappa shape index (κ2) is 4.26. The maximum Gasteiger partial charge on any atom is 0.312 e. The van der Waals surface area contributed by atoms with Crippen molar-refractivity contribution < 1.29 is 14.3 Å². The molecule has 2 atom stereocenters. The van der Waals surface area contributed by atoms with Crippen molar-refractivity contribution in [2.45, 2.75) is 26.1 Å². The van der Waals surface area contributed by atoms with Gasteiger partial charge in [-0.3, -0.25) is 4.79 Å². The minimum absolute atomic E-state index is 0.191. The molecule has 0 bridgehead atoms. The molecule has 0 saturated carbocycles. The molecule has 1 aliphatic rings. The van der Waals surface area contributed by atoms with Gasteiger partial charge in [0.05, 0.1) is 12.5 Å². The van der Waals surface area contributed by atoms with E-state index in [9.17, 15) is 4.79 Å². The summed E-state index contributed by atoms with van der Waals surface area (Å²) in [7, 11) is 0. The van der Waals surface area contributed by atoms with Crippen molar-refractivity contribution in [2.24, 2.45) is 5.92 Å². The highest BCUT2D eigenvalue weighted by Gasteiger charge is 2.48. The molecule has 0 radical (unpaired) electrons. The van der Waals surface area contributed by atoms with Crippen LogP contribution in [0.3, 0.4) is 0 Å². The van der Waals surface area contributed by atoms with Gasteiger partial charge in [0.1, 0.15) is 12.2 Å². The van der Waals surface area contributed by atoms with Crippen LogP contribution in [-0.4, -0.2) is 18.2 Å². The number of hydrogen-bond acceptors (Lipinski definition) is 3. The van der Waals surface area contributed by atoms with Gasteiger partial charge in [0.25, 0.3) is 0 Å². The van der Waals surface area contributed by atoms with Crippen LogP contribution in [0.2, 0.25) is 0 Å². The van der Waals surface area contributed by atoms with E-state index in [0.717, 1.165) is 5.56 Å². The maximum atomic E-state index is 11.7. The molecule has 0 aromatic heterocycles. The first-order chi connectivity index (χ1) is 7.62. The lowest BCUT2D eigenvalue weighted by Gasteiger charge is -2.14. The molecule has 0 aliphatic carbocycles. The van der Waals surface area contributed by atoms with Gasteiger partial charge in [-0.1, -0.05) is 30.3 Å². The molecule has 3 heteroatoms. The zero-order chi connectivity index (χ0) is 11.6. The highest BCUT2D eigenvalue weighted by molar-refractivity contribution is 5.74. The quantitative estimate of drug-likeness (QED) is 0.576. The minimum Gasteiger partial charge on any atom is -0.461 e. The topological polar surface area (TPSA) is 38.8 Å². The number of rotatable bonds is 4. The predicted molar refractivity (Wildman–Crippen MR) is 59.8 cm³/mol. The molecule has 1 aromatic carbocycles. The van der Waals surface area contributed by atoms with Crippen LogP contribution in [0.25, 0.3) is 0 Å². The maximum absolute atomic E-state index is 11.7. The van der Waals surface area contributed by atoms with Crippen molar-refractivity contribution in [3.63, 3.8) is 0 Å². The number of benzene rings is 1. The molecule has 0 spiro atoms. The number of carbonyl (C=O) groups is 1. The predicted octanol–water partition coefficient (Wildman–Crippen LogP) is 2.15. The molecule has 2 rings (SSSR count). The first-order valence-electron chi connectivity index (χ1n) is 5.46. The fourth-order valence-corrected chi connectivity index (χ4v) is 1.47. The van der Waals surface area contributed by atoms with Crippen molar-refractivity contribution in [3.05, 3.63) is 35.9 Å². The average molecular weight is 220 g/mol. The van der Waals surface area contributed by atoms with Crippen LogP contribution in [0.4, 0.5) is 0 Å². The Bertz CT molecular complexity index is 368. The lowest BCUT2D eigenvalue weighted by molar-refractivity contribution is -0.151. The van der Waals surface area contributed by atoms with E-state index in [1.165, 1.54) is 0 Å². The van der Waals surface area contributed by atoms with Crippen molar-refractivity contribution in [1.29, 1.82) is 0 Å². The number of ether oxygens (including phenoxy) is 2. The van der Waals surface area contributed by atoms with Gasteiger partial charge in [0.2, 0.25) is 0 Å². The minimum atomic E-state index is -0.298. The molecular formula is C13H16O3. The number of epoxide rings is 1. The van der Waals surface area contributed by atoms with E-state index >= 15 is 0 Å². The van der Waals surface area contributed by atoms with E-state index in [-0.39, 0.29) is 17.5 Å². The van der Waals surface area contributed by atoms with Gasteiger partial charge in [0, 0.05) is 0 Å². The van der Waals surface area contributed by atoms with Gasteiger partial charge in [-0.2, -0.15) is 0 Å². The van der Waals surface area contributed by atoms with Crippen LogP contribution in [-0.2, 0) is 20.9 Å². The summed E-state index contributed by atoms with van der Waals surface area (Å²) in [5, 5.41) is 0. The van der Waals surface area contributed by atoms with Crippen LogP contribution < -0.4 is 0 Å². The van der Waals surface area contributed by atoms with E-state index in [4.69, 9.17) is 9.47 Å². The van der Waals surface area contributed by atoms with Crippen LogP contribution in [0.15, 0.2) is 30.3 Å². The zero-order valence-electron chi connectivity index (χ0n) is 9.60. The molecular weight excluding hydrogens is 204 g/mol. The summed E-state index contributed by atoms with van der Waals surface area (Å²) in [4.78, 5) is 11.7. The highest BCUT2D eigenvalue weighted by atomic mass is 16.6. The summed E-state index contributed by atoms with van der Waals surface area (Å²) in [6.07, 6.45) is 0. The molecule has 1 aromatic rings. The van der Waals surface area contributed by atoms with Crippen LogP contribution in [0.1, 0.15) is 19.4 Å². The first kappa shape index (κ1) is 11.1. The summed E-state index contributed by atoms with van der Waals surface area (Å²) >= 11 is 0. The lowest BCUT2D eigenvalue weighted by atomic mass is 9.97. The van der Waals surface area contributed by atoms with E-state index < -0.39 is 0 Å². The third-order valence-electron chi connectivity index (χ3n) is 3.09. The van der Waals surface area contributed by atoms with Gasteiger partial charge in [-0.05, 0) is 19.4 Å². The summed E-state index contributed by atoms with van der Waals surface area (Å²) in [5.41, 5.74) is 0.707. The Hall–Kier alpha value is -1.35. The second-order valence-electron chi connectivity index (χ2n) is 4.42. The van der Waals surface area contributed by atoms with Crippen molar-refractivity contribution in [2.75, 3.05) is 6.61 Å². The Morgan fingerprint density at radius 2 is 2.12 bits per heavy atom. The van der Waals surface area contributed by atoms with Gasteiger partial charge in [-0.15, -0.1) is 0 Å². The molecule has 86 valence electrons. The van der Waals surface area contributed by atoms with E-state index in [0.29, 0.717) is 13.2 Å². The second-order valence-corrected chi connectivity index (χ2v) is 4.42. The molecule has 1 heterocycles. The number of hydrogen-bond donors (Lipinski definition) is 0. The summed E-state index contributed by atoms with van der Waals surface area (Å²) in [6.45, 7) is 4.76. The molecule has 1 saturated heterocycles. The highest BCUT2D eigenvalue weighted by Crippen LogP contribution is 2.35. The smallest absolute Gasteiger partial charge is 0.312 e. The zero-order valence-corrected chi connectivity index (χ0v) is 9.60. The van der Waals surface area contributed by atoms with Crippen molar-refractivity contribution in [1.82, 2.24) is 0 Å². The standard InChI is InChI=1S/C13H16O3/c1-10(13(2)9-16-13)12(14)15-8-11-6-4-3-5-7-11/h3-7,10H,8-9H2,1-2H3. The third kappa shape index (κ3) is 2.42. The van der Waals surface area contributed by atoms with Crippen molar-refractivity contribution >= 4 is 5.97 Å². The van der Waals surface area contributed by atoms with Crippen LogP contribution >= 0.6 is 0 Å². The van der Waals surface area contributed by atoms with Gasteiger partial charge >= 0.3 is 5.97 Å². The van der Waals surface area contributed by atoms with Gasteiger partial charge in [-0.25, -0.2) is 0 Å². The Morgan fingerprint density at radius 1 is 1.50 bits per heavy atom. The van der Waals surface area contributed by atoms with E-state index in [2.05, 4.69) is 0 Å². The van der Waals surface area contributed by atoms with E-state index in [1.54, 1.807) is 0 Å². The summed E-state index contributed by atoms with van der Waals surface area (Å²) in [6, 6.07) is 9.67. The fourth-order valence-electron chi connectivity index (χ4n) is 1.47. The normalized spacial score (nSPS) is 24.9. The SMILES string of the molecule is CC(C(=O)OCc1ccccc1)C1(C)CO1. The monoisotopic (exact) mass is 220 g/mol. The Morgan fingerprint density at radius 3 is 2.69 bits per heavy atom. The number of esters is 1. The molecule has 0 amide bonds. The summed E-state index contributed by atoms with van der Waals surface area (Å²) in [5.74, 6) is -0.389. The molecule has 0 N–H and O–H groups in total. The molecule has 16 heavy (non-hydrogen) atoms. The largest absolute Gasteiger partial charge is 0.461 e. The first-order valence-corrected chi connectivity index (χ1v) is 5.46. The van der Waals surface area contributed by atoms with Crippen LogP contribution in [0.5, 0.6) is 0 Å². The fraction of sp³-hybridized carbons (Fsp3) is 0.462. The third-order valence-corrected chi connectivity index (χ3v) is 3.09. The molecule has 3 nitrogen and oxygen atoms in total. The Balaban J connectivity index is 1.84. The van der Waals surface area contributed by atoms with Gasteiger partial charge in [0.15, 0.2) is 0 Å². The van der Waals surface area contributed by atoms with Crippen molar-refractivity contribution in [3.8, 4) is 0 Å². The Kier molecular flexibility index (Phi) is 2.97. The molecule has 1 fully saturated rings. The molecule has 2 unspecified atom stereocenters.